The first-order chi connectivity index (χ1) is 22.7. The second kappa shape index (κ2) is 17.5. The minimum atomic E-state index is -1.22. The molecule has 248 valence electrons. The van der Waals surface area contributed by atoms with E-state index in [1.165, 1.54) is 12.5 Å². The van der Waals surface area contributed by atoms with Gasteiger partial charge >= 0.3 is 12.1 Å². The molecule has 4 rings (SSSR count). The molecule has 0 bridgehead atoms. The van der Waals surface area contributed by atoms with E-state index in [0.717, 1.165) is 28.3 Å². The number of imidazole rings is 1. The Balaban J connectivity index is 1.48. The second-order valence-corrected chi connectivity index (χ2v) is 11.7. The number of amides is 3. The van der Waals surface area contributed by atoms with Gasteiger partial charge in [-0.15, -0.1) is 0 Å². The number of H-pyrrole nitrogens is 1. The third-order valence-electron chi connectivity index (χ3n) is 7.48. The molecule has 0 aliphatic rings. The van der Waals surface area contributed by atoms with Crippen LogP contribution in [0.4, 0.5) is 4.79 Å². The summed E-state index contributed by atoms with van der Waals surface area (Å²) in [6.07, 6.45) is 2.12. The Bertz CT molecular complexity index is 1610. The van der Waals surface area contributed by atoms with Crippen LogP contribution in [-0.2, 0) is 43.4 Å². The van der Waals surface area contributed by atoms with Gasteiger partial charge in [0.15, 0.2) is 0 Å². The predicted molar refractivity (Wildman–Crippen MR) is 174 cm³/mol. The molecule has 3 amide bonds. The number of nitrogens with zero attached hydrogens (tertiary/aromatic N) is 1. The van der Waals surface area contributed by atoms with Crippen molar-refractivity contribution in [2.45, 2.75) is 70.7 Å². The largest absolute Gasteiger partial charge is 0.445 e. The van der Waals surface area contributed by atoms with Crippen LogP contribution in [0, 0.1) is 5.92 Å². The van der Waals surface area contributed by atoms with E-state index in [2.05, 4.69) is 26.1 Å². The smallest absolute Gasteiger partial charge is 0.408 e. The number of alkyl carbamates (subject to hydrolysis) is 1. The highest BCUT2D eigenvalue weighted by Crippen LogP contribution is 2.20. The standard InChI is InChI=1S/C35H41N5O7/c1-23(2)15-16-28(41)19-32(42)47-40-34(44)31(18-27-20-36-22-37-27)38-33(43)30(39-35(45)46-21-24-9-4-3-5-10-24)17-26-13-8-12-25-11-6-7-14-29(25)26/h3-14,20,22-23,28,30-31,41H,15-19,21H2,1-2H3,(H,36,37)(H,38,43)(H,39,45)(H,40,44)/t28-,30+,31-/m0/s1. The lowest BCUT2D eigenvalue weighted by Crippen LogP contribution is -2.55. The number of carbonyl (C=O) groups excluding carboxylic acids is 4. The number of ether oxygens (including phenoxy) is 1. The zero-order chi connectivity index (χ0) is 33.6. The summed E-state index contributed by atoms with van der Waals surface area (Å²) in [5.41, 5.74) is 4.20. The van der Waals surface area contributed by atoms with Gasteiger partial charge in [-0.05, 0) is 40.7 Å². The van der Waals surface area contributed by atoms with E-state index in [4.69, 9.17) is 9.57 Å². The molecule has 47 heavy (non-hydrogen) atoms. The third-order valence-corrected chi connectivity index (χ3v) is 7.48. The van der Waals surface area contributed by atoms with Gasteiger partial charge in [0.05, 0.1) is 18.9 Å². The fourth-order valence-corrected chi connectivity index (χ4v) is 4.94. The molecule has 3 atom stereocenters. The molecule has 0 radical (unpaired) electrons. The fourth-order valence-electron chi connectivity index (χ4n) is 4.94. The predicted octanol–water partition coefficient (Wildman–Crippen LogP) is 3.89. The molecule has 12 heteroatoms. The van der Waals surface area contributed by atoms with Crippen LogP contribution in [0.2, 0.25) is 0 Å². The van der Waals surface area contributed by atoms with Crippen molar-refractivity contribution in [3.05, 3.63) is 102 Å². The van der Waals surface area contributed by atoms with Crippen LogP contribution in [0.1, 0.15) is 49.9 Å². The summed E-state index contributed by atoms with van der Waals surface area (Å²) < 4.78 is 5.40. The van der Waals surface area contributed by atoms with Gasteiger partial charge in [-0.25, -0.2) is 14.6 Å². The average molecular weight is 644 g/mol. The molecule has 5 N–H and O–H groups in total. The highest BCUT2D eigenvalue weighted by molar-refractivity contribution is 5.93. The molecule has 0 saturated heterocycles. The molecule has 4 aromatic rings. The van der Waals surface area contributed by atoms with Crippen molar-refractivity contribution in [3.63, 3.8) is 0 Å². The van der Waals surface area contributed by atoms with Crippen LogP contribution in [0.3, 0.4) is 0 Å². The van der Waals surface area contributed by atoms with E-state index in [9.17, 15) is 24.3 Å². The van der Waals surface area contributed by atoms with Gasteiger partial charge in [-0.1, -0.05) is 86.6 Å². The van der Waals surface area contributed by atoms with Crippen molar-refractivity contribution >= 4 is 34.6 Å². The van der Waals surface area contributed by atoms with Crippen LogP contribution in [0.5, 0.6) is 0 Å². The fraction of sp³-hybridized carbons (Fsp3) is 0.343. The molecule has 0 aliphatic heterocycles. The minimum Gasteiger partial charge on any atom is -0.445 e. The first kappa shape index (κ1) is 34.6. The van der Waals surface area contributed by atoms with Crippen molar-refractivity contribution in [3.8, 4) is 0 Å². The molecule has 3 aromatic carbocycles. The monoisotopic (exact) mass is 643 g/mol. The number of fused-ring (bicyclic) bond motifs is 1. The molecule has 0 unspecified atom stereocenters. The molecule has 1 aromatic heterocycles. The Labute approximate surface area is 273 Å². The maximum absolute atomic E-state index is 13.8. The van der Waals surface area contributed by atoms with Gasteiger partial charge in [0.25, 0.3) is 5.91 Å². The molecular formula is C35H41N5O7. The zero-order valence-corrected chi connectivity index (χ0v) is 26.5. The normalized spacial score (nSPS) is 12.9. The quantitative estimate of drug-likeness (QED) is 0.121. The van der Waals surface area contributed by atoms with Gasteiger partial charge in [0.1, 0.15) is 18.7 Å². The first-order valence-corrected chi connectivity index (χ1v) is 15.6. The van der Waals surface area contributed by atoms with E-state index in [-0.39, 0.29) is 25.9 Å². The van der Waals surface area contributed by atoms with E-state index in [1.807, 2.05) is 86.6 Å². The second-order valence-electron chi connectivity index (χ2n) is 11.7. The number of benzene rings is 3. The third kappa shape index (κ3) is 11.3. The van der Waals surface area contributed by atoms with Gasteiger partial charge in [0, 0.05) is 24.7 Å². The Kier molecular flexibility index (Phi) is 12.9. The number of carbonyl (C=O) groups is 4. The van der Waals surface area contributed by atoms with Crippen molar-refractivity contribution in [2.24, 2.45) is 5.92 Å². The summed E-state index contributed by atoms with van der Waals surface area (Å²) in [6.45, 7) is 4.02. The number of nitrogens with one attached hydrogen (secondary N) is 4. The first-order valence-electron chi connectivity index (χ1n) is 15.6. The number of aliphatic hydroxyl groups is 1. The Hall–Kier alpha value is -5.23. The molecule has 0 spiro atoms. The number of hydrogen-bond donors (Lipinski definition) is 5. The van der Waals surface area contributed by atoms with Crippen molar-refractivity contribution < 1.29 is 33.9 Å². The Morgan fingerprint density at radius 3 is 2.32 bits per heavy atom. The summed E-state index contributed by atoms with van der Waals surface area (Å²) >= 11 is 0. The highest BCUT2D eigenvalue weighted by Gasteiger charge is 2.29. The van der Waals surface area contributed by atoms with Crippen molar-refractivity contribution in [1.82, 2.24) is 26.1 Å². The summed E-state index contributed by atoms with van der Waals surface area (Å²) in [5.74, 6) is -1.94. The molecule has 0 fully saturated rings. The van der Waals surface area contributed by atoms with Crippen molar-refractivity contribution in [2.75, 3.05) is 0 Å². The molecular weight excluding hydrogens is 602 g/mol. The minimum absolute atomic E-state index is 0.00231. The summed E-state index contributed by atoms with van der Waals surface area (Å²) in [7, 11) is 0. The zero-order valence-electron chi connectivity index (χ0n) is 26.5. The maximum Gasteiger partial charge on any atom is 0.408 e. The molecule has 12 nitrogen and oxygen atoms in total. The van der Waals surface area contributed by atoms with E-state index in [1.54, 1.807) is 0 Å². The summed E-state index contributed by atoms with van der Waals surface area (Å²) in [4.78, 5) is 64.1. The lowest BCUT2D eigenvalue weighted by Gasteiger charge is -2.23. The number of hydroxylamine groups is 1. The van der Waals surface area contributed by atoms with Crippen molar-refractivity contribution in [1.29, 1.82) is 0 Å². The number of rotatable bonds is 15. The number of aromatic nitrogens is 2. The average Bonchev–Trinajstić information content (AvgIpc) is 3.58. The van der Waals surface area contributed by atoms with Crippen LogP contribution in [0.25, 0.3) is 10.8 Å². The van der Waals surface area contributed by atoms with E-state index in [0.29, 0.717) is 18.0 Å². The van der Waals surface area contributed by atoms with Gasteiger partial charge < -0.3 is 30.3 Å². The highest BCUT2D eigenvalue weighted by atomic mass is 16.7. The Morgan fingerprint density at radius 2 is 1.57 bits per heavy atom. The van der Waals surface area contributed by atoms with Crippen LogP contribution >= 0.6 is 0 Å². The van der Waals surface area contributed by atoms with Gasteiger partial charge in [-0.2, -0.15) is 5.48 Å². The van der Waals surface area contributed by atoms with E-state index < -0.39 is 42.1 Å². The lowest BCUT2D eigenvalue weighted by molar-refractivity contribution is -0.161. The summed E-state index contributed by atoms with van der Waals surface area (Å²) in [6, 6.07) is 20.1. The SMILES string of the molecule is CC(C)CC[C@H](O)CC(=O)ONC(=O)[C@H](Cc1cnc[nH]1)NC(=O)[C@@H](Cc1cccc2ccccc12)NC(=O)OCc1ccccc1. The molecule has 0 aliphatic carbocycles. The maximum atomic E-state index is 13.8. The van der Waals surface area contributed by atoms with E-state index >= 15 is 0 Å². The number of hydrogen-bond acceptors (Lipinski definition) is 8. The van der Waals surface area contributed by atoms with Gasteiger partial charge in [-0.3, -0.25) is 9.59 Å². The topological polar surface area (TPSA) is 172 Å². The van der Waals surface area contributed by atoms with Gasteiger partial charge in [0.2, 0.25) is 5.91 Å². The summed E-state index contributed by atoms with van der Waals surface area (Å²) in [5, 5.41) is 17.3. The van der Waals surface area contributed by atoms with Crippen LogP contribution < -0.4 is 16.1 Å². The lowest BCUT2D eigenvalue weighted by atomic mass is 9.98. The molecule has 1 heterocycles. The van der Waals surface area contributed by atoms with Crippen LogP contribution in [-0.4, -0.2) is 57.1 Å². The molecule has 0 saturated carbocycles. The van der Waals surface area contributed by atoms with Crippen LogP contribution in [0.15, 0.2) is 85.3 Å². The Morgan fingerprint density at radius 1 is 0.851 bits per heavy atom. The number of aromatic amines is 1. The number of aliphatic hydroxyl groups excluding tert-OH is 1.